The van der Waals surface area contributed by atoms with Crippen LogP contribution < -0.4 is 20.1 Å². The van der Waals surface area contributed by atoms with Crippen LogP contribution in [0.15, 0.2) is 22.6 Å². The lowest BCUT2D eigenvalue weighted by atomic mass is 9.69. The molecule has 1 aliphatic heterocycles. The molecule has 2 aliphatic rings. The van der Waals surface area contributed by atoms with E-state index in [4.69, 9.17) is 13.9 Å². The van der Waals surface area contributed by atoms with Crippen LogP contribution in [0.3, 0.4) is 0 Å². The van der Waals surface area contributed by atoms with E-state index in [1.54, 1.807) is 0 Å². The summed E-state index contributed by atoms with van der Waals surface area (Å²) < 4.78 is 16.4. The second-order valence-corrected chi connectivity index (χ2v) is 7.38. The van der Waals surface area contributed by atoms with E-state index in [0.29, 0.717) is 12.3 Å². The van der Waals surface area contributed by atoms with Gasteiger partial charge in [0, 0.05) is 12.0 Å². The zero-order valence-corrected chi connectivity index (χ0v) is 15.8. The first-order valence-electron chi connectivity index (χ1n) is 9.45. The summed E-state index contributed by atoms with van der Waals surface area (Å²) >= 11 is 0. The highest BCUT2D eigenvalue weighted by molar-refractivity contribution is 5.87. The maximum atomic E-state index is 12.4. The molecule has 0 saturated heterocycles. The smallest absolute Gasteiger partial charge is 0.322 e. The molecule has 1 saturated carbocycles. The number of oxazole rings is 1. The topological polar surface area (TPSA) is 85.6 Å². The van der Waals surface area contributed by atoms with Gasteiger partial charge in [0.2, 0.25) is 6.79 Å². The Balaban J connectivity index is 1.48. The van der Waals surface area contributed by atoms with Crippen molar-refractivity contribution in [1.82, 2.24) is 10.3 Å². The van der Waals surface area contributed by atoms with Crippen LogP contribution in [0.25, 0.3) is 0 Å². The average molecular weight is 371 g/mol. The van der Waals surface area contributed by atoms with Gasteiger partial charge in [-0.3, -0.25) is 5.32 Å². The molecule has 7 nitrogen and oxygen atoms in total. The van der Waals surface area contributed by atoms with Crippen LogP contribution in [0.1, 0.15) is 49.1 Å². The number of anilines is 1. The zero-order valence-electron chi connectivity index (χ0n) is 15.8. The van der Waals surface area contributed by atoms with Crippen LogP contribution in [0, 0.1) is 13.8 Å². The number of aryl methyl sites for hydroxylation is 2. The number of amides is 2. The molecule has 0 atom stereocenters. The van der Waals surface area contributed by atoms with Crippen LogP contribution in [0.2, 0.25) is 0 Å². The van der Waals surface area contributed by atoms with E-state index < -0.39 is 0 Å². The zero-order chi connectivity index (χ0) is 18.9. The Hall–Kier alpha value is -2.70. The molecule has 4 rings (SSSR count). The van der Waals surface area contributed by atoms with Crippen molar-refractivity contribution < 1.29 is 18.7 Å². The van der Waals surface area contributed by atoms with E-state index in [9.17, 15) is 4.79 Å². The van der Waals surface area contributed by atoms with Crippen LogP contribution in [0.5, 0.6) is 11.5 Å². The van der Waals surface area contributed by atoms with E-state index >= 15 is 0 Å². The molecule has 2 amide bonds. The molecule has 1 aromatic carbocycles. The molecule has 0 spiro atoms. The molecule has 27 heavy (non-hydrogen) atoms. The number of aromatic nitrogens is 1. The van der Waals surface area contributed by atoms with Gasteiger partial charge in [-0.25, -0.2) is 4.79 Å². The molecule has 0 unspecified atom stereocenters. The third kappa shape index (κ3) is 3.59. The molecule has 1 aromatic heterocycles. The van der Waals surface area contributed by atoms with Crippen molar-refractivity contribution in [2.24, 2.45) is 0 Å². The highest BCUT2D eigenvalue weighted by Gasteiger charge is 2.35. The Kier molecular flexibility index (Phi) is 4.68. The van der Waals surface area contributed by atoms with Crippen molar-refractivity contribution in [2.45, 2.75) is 51.4 Å². The van der Waals surface area contributed by atoms with Crippen LogP contribution in [-0.4, -0.2) is 24.4 Å². The summed E-state index contributed by atoms with van der Waals surface area (Å²) in [6.45, 7) is 4.49. The van der Waals surface area contributed by atoms with E-state index in [2.05, 4.69) is 27.8 Å². The predicted molar refractivity (Wildman–Crippen MR) is 100 cm³/mol. The number of hydrogen-bond acceptors (Lipinski definition) is 5. The summed E-state index contributed by atoms with van der Waals surface area (Å²) in [5, 5.41) is 5.70. The SMILES string of the molecule is Cc1nc(NC(=O)NCC2(c3ccc4c(c3)OCO4)CCCCC2)oc1C. The molecule has 1 aliphatic carbocycles. The van der Waals surface area contributed by atoms with Gasteiger partial charge in [0.15, 0.2) is 11.5 Å². The quantitative estimate of drug-likeness (QED) is 0.847. The monoisotopic (exact) mass is 371 g/mol. The first-order chi connectivity index (χ1) is 13.1. The maximum absolute atomic E-state index is 12.4. The molecule has 1 fully saturated rings. The summed E-state index contributed by atoms with van der Waals surface area (Å²) in [5.41, 5.74) is 1.86. The first kappa shape index (κ1) is 17.7. The molecule has 2 aromatic rings. The number of ether oxygens (including phenoxy) is 2. The second-order valence-electron chi connectivity index (χ2n) is 7.38. The average Bonchev–Trinajstić information content (AvgIpc) is 3.26. The third-order valence-electron chi connectivity index (χ3n) is 5.63. The summed E-state index contributed by atoms with van der Waals surface area (Å²) in [6.07, 6.45) is 5.59. The van der Waals surface area contributed by atoms with Crippen molar-refractivity contribution in [3.8, 4) is 11.5 Å². The van der Waals surface area contributed by atoms with Gasteiger partial charge < -0.3 is 19.2 Å². The minimum Gasteiger partial charge on any atom is -0.454 e. The summed E-state index contributed by atoms with van der Waals surface area (Å²) in [6, 6.07) is 6.05. The number of fused-ring (bicyclic) bond motifs is 1. The van der Waals surface area contributed by atoms with Gasteiger partial charge in [-0.2, -0.15) is 4.98 Å². The molecule has 2 N–H and O–H groups in total. The lowest BCUT2D eigenvalue weighted by Crippen LogP contribution is -2.43. The molecular weight excluding hydrogens is 346 g/mol. The largest absolute Gasteiger partial charge is 0.454 e. The van der Waals surface area contributed by atoms with Crippen molar-refractivity contribution in [1.29, 1.82) is 0 Å². The molecule has 0 bridgehead atoms. The molecule has 2 heterocycles. The van der Waals surface area contributed by atoms with Crippen LogP contribution in [0.4, 0.5) is 10.8 Å². The number of hydrogen-bond donors (Lipinski definition) is 2. The molecule has 7 heteroatoms. The Morgan fingerprint density at radius 1 is 1.15 bits per heavy atom. The van der Waals surface area contributed by atoms with Gasteiger partial charge in [-0.1, -0.05) is 25.3 Å². The van der Waals surface area contributed by atoms with Gasteiger partial charge in [-0.05, 0) is 44.4 Å². The van der Waals surface area contributed by atoms with E-state index in [1.165, 1.54) is 12.0 Å². The van der Waals surface area contributed by atoms with Gasteiger partial charge in [0.25, 0.3) is 0 Å². The number of nitrogens with zero attached hydrogens (tertiary/aromatic N) is 1. The summed E-state index contributed by atoms with van der Waals surface area (Å²) in [5.74, 6) is 2.27. The van der Waals surface area contributed by atoms with Crippen LogP contribution in [-0.2, 0) is 5.41 Å². The highest BCUT2D eigenvalue weighted by atomic mass is 16.7. The molecule has 0 radical (unpaired) electrons. The van der Waals surface area contributed by atoms with Crippen molar-refractivity contribution in [3.05, 3.63) is 35.2 Å². The van der Waals surface area contributed by atoms with E-state index in [0.717, 1.165) is 42.9 Å². The number of benzene rings is 1. The fourth-order valence-corrected chi connectivity index (χ4v) is 3.94. The maximum Gasteiger partial charge on any atom is 0.322 e. The van der Waals surface area contributed by atoms with Crippen molar-refractivity contribution in [3.63, 3.8) is 0 Å². The minimum atomic E-state index is -0.304. The normalized spacial score (nSPS) is 17.6. The Morgan fingerprint density at radius 3 is 2.67 bits per heavy atom. The van der Waals surface area contributed by atoms with Gasteiger partial charge in [-0.15, -0.1) is 0 Å². The number of carbonyl (C=O) groups is 1. The molecular formula is C20H25N3O4. The summed E-state index contributed by atoms with van der Waals surface area (Å²) in [4.78, 5) is 16.6. The number of urea groups is 1. The Bertz CT molecular complexity index is 820. The highest BCUT2D eigenvalue weighted by Crippen LogP contribution is 2.43. The standard InChI is InChI=1S/C20H25N3O4/c1-13-14(2)27-19(22-13)23-18(24)21-11-20(8-4-3-5-9-20)15-6-7-16-17(10-15)26-12-25-16/h6-7,10H,3-5,8-9,11-12H2,1-2H3,(H2,21,22,23,24). The fourth-order valence-electron chi connectivity index (χ4n) is 3.94. The fraction of sp³-hybridized carbons (Fsp3) is 0.500. The molecule has 144 valence electrons. The van der Waals surface area contributed by atoms with Crippen molar-refractivity contribution in [2.75, 3.05) is 18.7 Å². The predicted octanol–water partition coefficient (Wildman–Crippen LogP) is 4.04. The lowest BCUT2D eigenvalue weighted by molar-refractivity contribution is 0.174. The van der Waals surface area contributed by atoms with Gasteiger partial charge >= 0.3 is 12.0 Å². The van der Waals surface area contributed by atoms with Crippen molar-refractivity contribution >= 4 is 12.0 Å². The Labute approximate surface area is 158 Å². The van der Waals surface area contributed by atoms with Gasteiger partial charge in [0.05, 0.1) is 5.69 Å². The number of carbonyl (C=O) groups excluding carboxylic acids is 1. The lowest BCUT2D eigenvalue weighted by Gasteiger charge is -2.38. The third-order valence-corrected chi connectivity index (χ3v) is 5.63. The number of nitrogens with one attached hydrogen (secondary N) is 2. The second kappa shape index (κ2) is 7.13. The number of rotatable bonds is 4. The Morgan fingerprint density at radius 2 is 1.93 bits per heavy atom. The summed E-state index contributed by atoms with van der Waals surface area (Å²) in [7, 11) is 0. The van der Waals surface area contributed by atoms with E-state index in [1.807, 2.05) is 19.9 Å². The minimum absolute atomic E-state index is 0.0982. The van der Waals surface area contributed by atoms with Crippen LogP contribution >= 0.6 is 0 Å². The van der Waals surface area contributed by atoms with Gasteiger partial charge in [0.1, 0.15) is 5.76 Å². The van der Waals surface area contributed by atoms with E-state index in [-0.39, 0.29) is 24.3 Å². The first-order valence-corrected chi connectivity index (χ1v) is 9.45.